The van der Waals surface area contributed by atoms with E-state index in [-0.39, 0.29) is 23.7 Å². The maximum atomic E-state index is 13.2. The molecule has 2 fully saturated rings. The molecule has 2 aromatic carbocycles. The Balaban J connectivity index is 1.45. The zero-order chi connectivity index (χ0) is 22.0. The molecule has 0 saturated carbocycles. The number of carbonyl (C=O) groups is 1. The maximum absolute atomic E-state index is 13.2. The summed E-state index contributed by atoms with van der Waals surface area (Å²) in [5.74, 6) is -0.0277. The van der Waals surface area contributed by atoms with E-state index in [0.29, 0.717) is 35.2 Å². The number of halogens is 2. The number of morpholine rings is 1. The topological polar surface area (TPSA) is 68.0 Å². The highest BCUT2D eigenvalue weighted by atomic mass is 35.5. The molecule has 4 rings (SSSR count). The van der Waals surface area contributed by atoms with E-state index in [1.165, 1.54) is 25.3 Å². The number of rotatable bonds is 6. The summed E-state index contributed by atoms with van der Waals surface area (Å²) in [4.78, 5) is 17.3. The number of benzene rings is 2. The molecule has 2 aliphatic rings. The minimum Gasteiger partial charge on any atom is -0.495 e. The average Bonchev–Trinajstić information content (AvgIpc) is 2.73. The first-order valence-electron chi connectivity index (χ1n) is 10.1. The van der Waals surface area contributed by atoms with Crippen LogP contribution in [0.3, 0.4) is 0 Å². The molecule has 0 spiro atoms. The lowest BCUT2D eigenvalue weighted by Gasteiger charge is -2.49. The molecule has 0 amide bonds. The van der Waals surface area contributed by atoms with E-state index in [9.17, 15) is 9.18 Å². The third-order valence-corrected chi connectivity index (χ3v) is 6.00. The number of ether oxygens (including phenoxy) is 2. The summed E-state index contributed by atoms with van der Waals surface area (Å²) in [6.45, 7) is 3.52. The molecule has 8 heteroatoms. The summed E-state index contributed by atoms with van der Waals surface area (Å²) in [5, 5.41) is 0.365. The molecule has 2 atom stereocenters. The van der Waals surface area contributed by atoms with Gasteiger partial charge in [-0.1, -0.05) is 23.7 Å². The molecule has 164 valence electrons. The van der Waals surface area contributed by atoms with E-state index in [1.807, 2.05) is 18.3 Å². The fourth-order valence-corrected chi connectivity index (χ4v) is 4.43. The van der Waals surface area contributed by atoms with Crippen LogP contribution in [-0.4, -0.2) is 61.1 Å². The highest BCUT2D eigenvalue weighted by Gasteiger charge is 2.36. The predicted octanol–water partition coefficient (Wildman–Crippen LogP) is 3.35. The lowest BCUT2D eigenvalue weighted by Crippen LogP contribution is -2.62. The van der Waals surface area contributed by atoms with Crippen molar-refractivity contribution in [3.63, 3.8) is 0 Å². The number of hydrogen-bond donors (Lipinski definition) is 1. The summed E-state index contributed by atoms with van der Waals surface area (Å²) in [6.07, 6.45) is 3.38. The SMILES string of the molecule is COc1cc(C(=O)/C=C/N2C3COCC2CN(Cc2ccc(F)cc2)C3)c(N)cc1Cl. The lowest BCUT2D eigenvalue weighted by molar-refractivity contribution is -0.0767. The Morgan fingerprint density at radius 2 is 1.94 bits per heavy atom. The van der Waals surface area contributed by atoms with Crippen molar-refractivity contribution in [3.8, 4) is 5.75 Å². The Kier molecular flexibility index (Phi) is 6.46. The van der Waals surface area contributed by atoms with Crippen molar-refractivity contribution in [1.82, 2.24) is 9.80 Å². The van der Waals surface area contributed by atoms with Crippen LogP contribution in [0.15, 0.2) is 48.7 Å². The van der Waals surface area contributed by atoms with Gasteiger partial charge in [0.25, 0.3) is 0 Å². The molecule has 0 radical (unpaired) electrons. The van der Waals surface area contributed by atoms with Gasteiger partial charge in [0, 0.05) is 43.2 Å². The first-order chi connectivity index (χ1) is 14.9. The molecular formula is C23H25ClFN3O3. The van der Waals surface area contributed by atoms with E-state index in [4.69, 9.17) is 26.8 Å². The normalized spacial score (nSPS) is 21.5. The van der Waals surface area contributed by atoms with Crippen LogP contribution in [0.1, 0.15) is 15.9 Å². The summed E-state index contributed by atoms with van der Waals surface area (Å²) in [5.41, 5.74) is 7.73. The minimum absolute atomic E-state index is 0.133. The van der Waals surface area contributed by atoms with E-state index >= 15 is 0 Å². The number of fused-ring (bicyclic) bond motifs is 2. The standard InChI is InChI=1S/C23H25ClFN3O3/c1-30-23-8-19(21(26)9-20(23)24)22(29)6-7-28-17-11-27(12-18(28)14-31-13-17)10-15-2-4-16(25)5-3-15/h2-9,17-18H,10-14,26H2,1H3/b7-6+. The van der Waals surface area contributed by atoms with Crippen LogP contribution in [0.4, 0.5) is 10.1 Å². The van der Waals surface area contributed by atoms with Crippen molar-refractivity contribution in [1.29, 1.82) is 0 Å². The summed E-state index contributed by atoms with van der Waals surface area (Å²) >= 11 is 6.07. The van der Waals surface area contributed by atoms with Gasteiger partial charge < -0.3 is 20.1 Å². The molecule has 2 bridgehead atoms. The average molecular weight is 446 g/mol. The lowest BCUT2D eigenvalue weighted by atomic mass is 10.0. The summed E-state index contributed by atoms with van der Waals surface area (Å²) < 4.78 is 24.1. The van der Waals surface area contributed by atoms with Crippen LogP contribution in [0.25, 0.3) is 0 Å². The molecule has 2 saturated heterocycles. The first kappa shape index (κ1) is 21.6. The molecule has 2 unspecified atom stereocenters. The van der Waals surface area contributed by atoms with Crippen LogP contribution in [0.5, 0.6) is 5.75 Å². The molecule has 2 aromatic rings. The quantitative estimate of drug-likeness (QED) is 0.418. The molecule has 31 heavy (non-hydrogen) atoms. The van der Waals surface area contributed by atoms with Crippen molar-refractivity contribution >= 4 is 23.1 Å². The Labute approximate surface area is 186 Å². The number of allylic oxidation sites excluding steroid dienone is 1. The van der Waals surface area contributed by atoms with E-state index in [1.54, 1.807) is 12.1 Å². The molecule has 0 aliphatic carbocycles. The van der Waals surface area contributed by atoms with Crippen LogP contribution >= 0.6 is 11.6 Å². The van der Waals surface area contributed by atoms with Crippen LogP contribution < -0.4 is 10.5 Å². The number of piperazine rings is 1. The highest BCUT2D eigenvalue weighted by Crippen LogP contribution is 2.30. The molecular weight excluding hydrogens is 421 g/mol. The molecule has 0 aromatic heterocycles. The summed E-state index contributed by atoms with van der Waals surface area (Å²) in [6, 6.07) is 9.97. The fourth-order valence-electron chi connectivity index (χ4n) is 4.18. The smallest absolute Gasteiger partial charge is 0.189 e. The molecule has 6 nitrogen and oxygen atoms in total. The van der Waals surface area contributed by atoms with Gasteiger partial charge in [0.1, 0.15) is 11.6 Å². The van der Waals surface area contributed by atoms with Gasteiger partial charge in [0.2, 0.25) is 0 Å². The molecule has 2 N–H and O–H groups in total. The zero-order valence-corrected chi connectivity index (χ0v) is 18.0. The Bertz CT molecular complexity index is 969. The third kappa shape index (κ3) is 4.84. The van der Waals surface area contributed by atoms with Crippen molar-refractivity contribution < 1.29 is 18.7 Å². The Morgan fingerprint density at radius 3 is 2.58 bits per heavy atom. The van der Waals surface area contributed by atoms with E-state index in [0.717, 1.165) is 25.2 Å². The Hall–Kier alpha value is -2.61. The second-order valence-corrected chi connectivity index (χ2v) is 8.27. The number of carbonyl (C=O) groups excluding carboxylic acids is 1. The number of nitrogens with zero attached hydrogens (tertiary/aromatic N) is 2. The number of methoxy groups -OCH3 is 1. The second-order valence-electron chi connectivity index (χ2n) is 7.87. The molecule has 2 aliphatic heterocycles. The number of anilines is 1. The fraction of sp³-hybridized carbons (Fsp3) is 0.348. The van der Waals surface area contributed by atoms with E-state index in [2.05, 4.69) is 9.80 Å². The predicted molar refractivity (Wildman–Crippen MR) is 118 cm³/mol. The zero-order valence-electron chi connectivity index (χ0n) is 17.3. The van der Waals surface area contributed by atoms with Gasteiger partial charge in [-0.05, 0) is 29.8 Å². The second kappa shape index (κ2) is 9.26. The molecule has 2 heterocycles. The van der Waals surface area contributed by atoms with Gasteiger partial charge in [-0.2, -0.15) is 0 Å². The van der Waals surface area contributed by atoms with Gasteiger partial charge in [0.05, 0.1) is 37.4 Å². The number of hydrogen-bond acceptors (Lipinski definition) is 6. The van der Waals surface area contributed by atoms with Crippen molar-refractivity contribution in [2.45, 2.75) is 18.6 Å². The number of nitrogens with two attached hydrogens (primary N) is 1. The van der Waals surface area contributed by atoms with Gasteiger partial charge in [0.15, 0.2) is 5.78 Å². The number of nitrogen functional groups attached to an aromatic ring is 1. The van der Waals surface area contributed by atoms with Gasteiger partial charge >= 0.3 is 0 Å². The monoisotopic (exact) mass is 445 g/mol. The first-order valence-corrected chi connectivity index (χ1v) is 10.5. The van der Waals surface area contributed by atoms with Gasteiger partial charge in [-0.15, -0.1) is 0 Å². The third-order valence-electron chi connectivity index (χ3n) is 5.71. The van der Waals surface area contributed by atoms with Crippen LogP contribution in [0, 0.1) is 5.82 Å². The summed E-state index contributed by atoms with van der Waals surface area (Å²) in [7, 11) is 1.49. The maximum Gasteiger partial charge on any atom is 0.189 e. The van der Waals surface area contributed by atoms with Gasteiger partial charge in [-0.3, -0.25) is 9.69 Å². The van der Waals surface area contributed by atoms with E-state index < -0.39 is 0 Å². The van der Waals surface area contributed by atoms with Crippen molar-refractivity contribution in [2.24, 2.45) is 0 Å². The van der Waals surface area contributed by atoms with Gasteiger partial charge in [-0.25, -0.2) is 4.39 Å². The highest BCUT2D eigenvalue weighted by molar-refractivity contribution is 6.32. The van der Waals surface area contributed by atoms with Crippen molar-refractivity contribution in [3.05, 3.63) is 70.6 Å². The minimum atomic E-state index is -0.229. The van der Waals surface area contributed by atoms with Crippen LogP contribution in [0.2, 0.25) is 5.02 Å². The Morgan fingerprint density at radius 1 is 1.26 bits per heavy atom. The van der Waals surface area contributed by atoms with Crippen LogP contribution in [-0.2, 0) is 11.3 Å². The number of ketones is 1. The largest absolute Gasteiger partial charge is 0.495 e. The van der Waals surface area contributed by atoms with Crippen molar-refractivity contribution in [2.75, 3.05) is 39.1 Å².